The lowest BCUT2D eigenvalue weighted by molar-refractivity contribution is 0.403. The van der Waals surface area contributed by atoms with Crippen molar-refractivity contribution in [3.05, 3.63) is 52.4 Å². The number of hydrogen-bond donors (Lipinski definition) is 3. The largest absolute Gasteiger partial charge is 0.504 e. The maximum atomic E-state index is 9.52. The van der Waals surface area contributed by atoms with E-state index in [1.165, 1.54) is 12.1 Å². The van der Waals surface area contributed by atoms with Crippen molar-refractivity contribution < 1.29 is 10.2 Å². The van der Waals surface area contributed by atoms with Gasteiger partial charge < -0.3 is 15.9 Å². The Balaban J connectivity index is 1.91. The molecule has 0 aliphatic heterocycles. The number of rotatable bonds is 3. The summed E-state index contributed by atoms with van der Waals surface area (Å²) in [5, 5.41) is 27.0. The summed E-state index contributed by atoms with van der Waals surface area (Å²) >= 11 is 3.41. The van der Waals surface area contributed by atoms with Crippen LogP contribution >= 0.6 is 15.9 Å². The summed E-state index contributed by atoms with van der Waals surface area (Å²) in [6.07, 6.45) is 2.33. The molecule has 3 rings (SSSR count). The Kier molecular flexibility index (Phi) is 3.52. The fraction of sp³-hybridized carbons (Fsp3) is 0.143. The number of phenolic OH excluding ortho intramolecular Hbond substituents is 2. The van der Waals surface area contributed by atoms with E-state index in [0.29, 0.717) is 12.2 Å². The number of hydrogen-bond acceptors (Lipinski definition) is 5. The quantitative estimate of drug-likeness (QED) is 0.630. The van der Waals surface area contributed by atoms with Crippen molar-refractivity contribution >= 4 is 21.6 Å². The van der Waals surface area contributed by atoms with Gasteiger partial charge in [0.15, 0.2) is 23.0 Å². The minimum absolute atomic E-state index is 0.149. The standard InChI is InChI=1S/C14H13BrN4O2/c15-9-2-4-13-17-18-14(19(13)7-9)10(16)5-8-1-3-11(20)12(21)6-8/h1-4,6-7,10,20-21H,5,16H2. The molecule has 0 aliphatic rings. The van der Waals surface area contributed by atoms with E-state index in [9.17, 15) is 10.2 Å². The molecule has 6 nitrogen and oxygen atoms in total. The number of nitrogens with two attached hydrogens (primary N) is 1. The number of nitrogens with zero attached hydrogens (tertiary/aromatic N) is 3. The van der Waals surface area contributed by atoms with Gasteiger partial charge in [-0.3, -0.25) is 4.40 Å². The minimum atomic E-state index is -0.377. The second-order valence-electron chi connectivity index (χ2n) is 4.77. The van der Waals surface area contributed by atoms with Crippen LogP contribution in [0.3, 0.4) is 0 Å². The molecule has 0 amide bonds. The third-order valence-electron chi connectivity index (χ3n) is 3.22. The highest BCUT2D eigenvalue weighted by molar-refractivity contribution is 9.10. The van der Waals surface area contributed by atoms with Gasteiger partial charge in [0, 0.05) is 10.7 Å². The third kappa shape index (κ3) is 2.70. The molecule has 1 aromatic carbocycles. The first-order chi connectivity index (χ1) is 10.0. The molecule has 2 heterocycles. The SMILES string of the molecule is NC(Cc1ccc(O)c(O)c1)c1nnc2ccc(Br)cn12. The first-order valence-corrected chi connectivity index (χ1v) is 7.10. The fourth-order valence-electron chi connectivity index (χ4n) is 2.18. The lowest BCUT2D eigenvalue weighted by Gasteiger charge is -2.11. The minimum Gasteiger partial charge on any atom is -0.504 e. The average molecular weight is 349 g/mol. The van der Waals surface area contributed by atoms with Crippen LogP contribution < -0.4 is 5.73 Å². The molecule has 1 atom stereocenters. The Morgan fingerprint density at radius 3 is 2.71 bits per heavy atom. The molecule has 4 N–H and O–H groups in total. The van der Waals surface area contributed by atoms with Gasteiger partial charge in [0.05, 0.1) is 6.04 Å². The van der Waals surface area contributed by atoms with Crippen molar-refractivity contribution in [1.82, 2.24) is 14.6 Å². The second kappa shape index (κ2) is 5.34. The Labute approximate surface area is 129 Å². The molecule has 21 heavy (non-hydrogen) atoms. The number of phenols is 2. The highest BCUT2D eigenvalue weighted by Crippen LogP contribution is 2.27. The van der Waals surface area contributed by atoms with Crippen LogP contribution in [-0.2, 0) is 6.42 Å². The normalized spacial score (nSPS) is 12.7. The van der Waals surface area contributed by atoms with Crippen LogP contribution in [0.4, 0.5) is 0 Å². The first-order valence-electron chi connectivity index (χ1n) is 6.31. The lowest BCUT2D eigenvalue weighted by atomic mass is 10.1. The van der Waals surface area contributed by atoms with Crippen molar-refractivity contribution in [3.8, 4) is 11.5 Å². The van der Waals surface area contributed by atoms with Crippen molar-refractivity contribution in [3.63, 3.8) is 0 Å². The van der Waals surface area contributed by atoms with Gasteiger partial charge in [-0.1, -0.05) is 6.07 Å². The smallest absolute Gasteiger partial charge is 0.160 e. The summed E-state index contributed by atoms with van der Waals surface area (Å²) in [7, 11) is 0. The van der Waals surface area contributed by atoms with Crippen LogP contribution in [0.15, 0.2) is 41.0 Å². The molecule has 2 aromatic heterocycles. The van der Waals surface area contributed by atoms with Crippen LogP contribution in [0.25, 0.3) is 5.65 Å². The molecule has 0 saturated heterocycles. The number of benzene rings is 1. The maximum Gasteiger partial charge on any atom is 0.160 e. The highest BCUT2D eigenvalue weighted by Gasteiger charge is 2.15. The van der Waals surface area contributed by atoms with Gasteiger partial charge in [-0.05, 0) is 52.2 Å². The number of aromatic nitrogens is 3. The molecular formula is C14H13BrN4O2. The van der Waals surface area contributed by atoms with Crippen molar-refractivity contribution in [2.75, 3.05) is 0 Å². The fourth-order valence-corrected chi connectivity index (χ4v) is 2.51. The highest BCUT2D eigenvalue weighted by atomic mass is 79.9. The summed E-state index contributed by atoms with van der Waals surface area (Å²) in [6.45, 7) is 0. The second-order valence-corrected chi connectivity index (χ2v) is 5.68. The van der Waals surface area contributed by atoms with Crippen LogP contribution in [0.1, 0.15) is 17.4 Å². The Hall–Kier alpha value is -2.12. The molecule has 0 saturated carbocycles. The van der Waals surface area contributed by atoms with Crippen molar-refractivity contribution in [1.29, 1.82) is 0 Å². The monoisotopic (exact) mass is 348 g/mol. The van der Waals surface area contributed by atoms with E-state index < -0.39 is 0 Å². The number of pyridine rings is 1. The third-order valence-corrected chi connectivity index (χ3v) is 3.69. The van der Waals surface area contributed by atoms with Gasteiger partial charge in [0.25, 0.3) is 0 Å². The van der Waals surface area contributed by atoms with E-state index in [4.69, 9.17) is 5.73 Å². The van der Waals surface area contributed by atoms with Gasteiger partial charge in [-0.25, -0.2) is 0 Å². The molecule has 0 radical (unpaired) electrons. The van der Waals surface area contributed by atoms with E-state index in [0.717, 1.165) is 15.7 Å². The molecule has 0 spiro atoms. The molecule has 108 valence electrons. The Morgan fingerprint density at radius 1 is 1.14 bits per heavy atom. The van der Waals surface area contributed by atoms with Gasteiger partial charge in [0.1, 0.15) is 0 Å². The maximum absolute atomic E-state index is 9.52. The summed E-state index contributed by atoms with van der Waals surface area (Å²) in [5.74, 6) is 0.330. The predicted octanol–water partition coefficient (Wildman–Crippen LogP) is 2.15. The van der Waals surface area contributed by atoms with Crippen LogP contribution in [0.2, 0.25) is 0 Å². The van der Waals surface area contributed by atoms with Crippen LogP contribution in [-0.4, -0.2) is 24.8 Å². The molecule has 0 bridgehead atoms. The number of fused-ring (bicyclic) bond motifs is 1. The van der Waals surface area contributed by atoms with Crippen LogP contribution in [0, 0.1) is 0 Å². The van der Waals surface area contributed by atoms with E-state index in [2.05, 4.69) is 26.1 Å². The van der Waals surface area contributed by atoms with Crippen molar-refractivity contribution in [2.24, 2.45) is 5.73 Å². The summed E-state index contributed by atoms with van der Waals surface area (Å²) in [6, 6.07) is 8.01. The van der Waals surface area contributed by atoms with Gasteiger partial charge in [-0.15, -0.1) is 10.2 Å². The number of aromatic hydroxyl groups is 2. The van der Waals surface area contributed by atoms with E-state index >= 15 is 0 Å². The summed E-state index contributed by atoms with van der Waals surface area (Å²) in [4.78, 5) is 0. The van der Waals surface area contributed by atoms with E-state index in [-0.39, 0.29) is 17.5 Å². The zero-order valence-electron chi connectivity index (χ0n) is 10.9. The summed E-state index contributed by atoms with van der Waals surface area (Å²) in [5.41, 5.74) is 7.72. The van der Waals surface area contributed by atoms with Gasteiger partial charge in [0.2, 0.25) is 0 Å². The Morgan fingerprint density at radius 2 is 1.95 bits per heavy atom. The molecule has 3 aromatic rings. The molecule has 7 heteroatoms. The predicted molar refractivity (Wildman–Crippen MR) is 81.1 cm³/mol. The Bertz CT molecular complexity index is 803. The van der Waals surface area contributed by atoms with Gasteiger partial charge >= 0.3 is 0 Å². The first kappa shape index (κ1) is 13.8. The van der Waals surface area contributed by atoms with Gasteiger partial charge in [-0.2, -0.15) is 0 Å². The van der Waals surface area contributed by atoms with Crippen molar-refractivity contribution in [2.45, 2.75) is 12.5 Å². The molecule has 0 aliphatic carbocycles. The molecule has 0 fully saturated rings. The zero-order chi connectivity index (χ0) is 15.0. The lowest BCUT2D eigenvalue weighted by Crippen LogP contribution is -2.16. The van der Waals surface area contributed by atoms with Crippen LogP contribution in [0.5, 0.6) is 11.5 Å². The van der Waals surface area contributed by atoms with E-state index in [1.54, 1.807) is 6.07 Å². The number of halogens is 1. The average Bonchev–Trinajstić information content (AvgIpc) is 2.86. The topological polar surface area (TPSA) is 96.7 Å². The zero-order valence-corrected chi connectivity index (χ0v) is 12.5. The molecule has 1 unspecified atom stereocenters. The van der Waals surface area contributed by atoms with E-state index in [1.807, 2.05) is 22.7 Å². The molecular weight excluding hydrogens is 336 g/mol. The summed E-state index contributed by atoms with van der Waals surface area (Å²) < 4.78 is 2.74.